The third kappa shape index (κ3) is 3.68. The highest BCUT2D eigenvalue weighted by Crippen LogP contribution is 2.30. The Kier molecular flexibility index (Phi) is 5.47. The smallest absolute Gasteiger partial charge is 0.231 e. The van der Waals surface area contributed by atoms with E-state index in [1.54, 1.807) is 11.9 Å². The molecule has 2 aromatic rings. The lowest BCUT2D eigenvalue weighted by Crippen LogP contribution is -2.32. The molecular weight excluding hydrogens is 350 g/mol. The van der Waals surface area contributed by atoms with Crippen LogP contribution >= 0.6 is 27.3 Å². The number of amides is 1. The fraction of sp³-hybridized carbons (Fsp3) is 0.400. The molecule has 0 atom stereocenters. The van der Waals surface area contributed by atoms with Gasteiger partial charge in [0.25, 0.3) is 0 Å². The number of nitrogens with zero attached hydrogens (tertiary/aromatic N) is 3. The Labute approximate surface area is 137 Å². The average molecular weight is 368 g/mol. The van der Waals surface area contributed by atoms with Gasteiger partial charge in [-0.05, 0) is 25.0 Å². The molecule has 0 saturated heterocycles. The van der Waals surface area contributed by atoms with Gasteiger partial charge >= 0.3 is 0 Å². The minimum Gasteiger partial charge on any atom is -0.290 e. The van der Waals surface area contributed by atoms with Crippen LogP contribution in [-0.4, -0.2) is 23.2 Å². The normalized spacial score (nSPS) is 10.9. The maximum absolute atomic E-state index is 12.4. The number of aromatic nitrogens is 2. The summed E-state index contributed by atoms with van der Waals surface area (Å²) in [6, 6.07) is 7.90. The fourth-order valence-electron chi connectivity index (χ4n) is 2.07. The van der Waals surface area contributed by atoms with Crippen molar-refractivity contribution in [3.8, 4) is 10.6 Å². The zero-order valence-electron chi connectivity index (χ0n) is 12.3. The van der Waals surface area contributed by atoms with Crippen LogP contribution in [0.3, 0.4) is 0 Å². The lowest BCUT2D eigenvalue weighted by Gasteiger charge is -2.19. The summed E-state index contributed by atoms with van der Waals surface area (Å²) in [6.45, 7) is 4.07. The van der Waals surface area contributed by atoms with Crippen molar-refractivity contribution in [1.82, 2.24) is 10.2 Å². The first kappa shape index (κ1) is 16.1. The highest BCUT2D eigenvalue weighted by atomic mass is 79.9. The van der Waals surface area contributed by atoms with Gasteiger partial charge in [-0.25, -0.2) is 0 Å². The highest BCUT2D eigenvalue weighted by molar-refractivity contribution is 9.10. The molecular formula is C15H18BrN3OS. The topological polar surface area (TPSA) is 46.1 Å². The number of carbonyl (C=O) groups excluding carboxylic acids is 1. The highest BCUT2D eigenvalue weighted by Gasteiger charge is 2.22. The van der Waals surface area contributed by atoms with Crippen LogP contribution in [0.5, 0.6) is 0 Å². The molecule has 0 unspecified atom stereocenters. The van der Waals surface area contributed by atoms with E-state index in [9.17, 15) is 4.79 Å². The average Bonchev–Trinajstić information content (AvgIpc) is 2.98. The van der Waals surface area contributed by atoms with Crippen LogP contribution in [0.2, 0.25) is 0 Å². The molecule has 112 valence electrons. The van der Waals surface area contributed by atoms with Crippen LogP contribution in [0.4, 0.5) is 5.13 Å². The van der Waals surface area contributed by atoms with E-state index in [-0.39, 0.29) is 11.8 Å². The molecule has 1 aromatic carbocycles. The molecule has 0 saturated carbocycles. The molecule has 0 spiro atoms. The van der Waals surface area contributed by atoms with Crippen LogP contribution in [0.15, 0.2) is 28.7 Å². The molecule has 1 aromatic heterocycles. The summed E-state index contributed by atoms with van der Waals surface area (Å²) >= 11 is 4.85. The molecule has 0 aliphatic carbocycles. The number of rotatable bonds is 5. The molecule has 0 fully saturated rings. The van der Waals surface area contributed by atoms with E-state index in [1.165, 1.54) is 11.3 Å². The lowest BCUT2D eigenvalue weighted by atomic mass is 10.0. The van der Waals surface area contributed by atoms with E-state index < -0.39 is 0 Å². The zero-order valence-corrected chi connectivity index (χ0v) is 14.7. The zero-order chi connectivity index (χ0) is 15.4. The van der Waals surface area contributed by atoms with E-state index in [4.69, 9.17) is 0 Å². The third-order valence-electron chi connectivity index (χ3n) is 3.46. The van der Waals surface area contributed by atoms with Gasteiger partial charge in [-0.3, -0.25) is 9.69 Å². The lowest BCUT2D eigenvalue weighted by molar-refractivity contribution is -0.122. The van der Waals surface area contributed by atoms with Crippen molar-refractivity contribution in [2.24, 2.45) is 5.92 Å². The van der Waals surface area contributed by atoms with Gasteiger partial charge in [-0.2, -0.15) is 0 Å². The molecule has 0 N–H and O–H groups in total. The van der Waals surface area contributed by atoms with Gasteiger partial charge in [-0.1, -0.05) is 53.2 Å². The number of anilines is 1. The molecule has 4 nitrogen and oxygen atoms in total. The maximum Gasteiger partial charge on any atom is 0.231 e. The van der Waals surface area contributed by atoms with Crippen molar-refractivity contribution in [3.63, 3.8) is 0 Å². The summed E-state index contributed by atoms with van der Waals surface area (Å²) in [6.07, 6.45) is 1.69. The minimum absolute atomic E-state index is 0.0510. The molecule has 1 amide bonds. The molecule has 1 heterocycles. The summed E-state index contributed by atoms with van der Waals surface area (Å²) in [7, 11) is 1.77. The van der Waals surface area contributed by atoms with Gasteiger partial charge < -0.3 is 0 Å². The van der Waals surface area contributed by atoms with Crippen LogP contribution in [-0.2, 0) is 4.79 Å². The van der Waals surface area contributed by atoms with Crippen molar-refractivity contribution in [1.29, 1.82) is 0 Å². The van der Waals surface area contributed by atoms with E-state index in [0.717, 1.165) is 27.9 Å². The number of halogens is 1. The fourth-order valence-corrected chi connectivity index (χ4v) is 3.15. The first-order chi connectivity index (χ1) is 10.1. The number of carbonyl (C=O) groups is 1. The van der Waals surface area contributed by atoms with Crippen LogP contribution < -0.4 is 4.90 Å². The maximum atomic E-state index is 12.4. The van der Waals surface area contributed by atoms with Crippen LogP contribution in [0.25, 0.3) is 10.6 Å². The predicted molar refractivity (Wildman–Crippen MR) is 90.5 cm³/mol. The summed E-state index contributed by atoms with van der Waals surface area (Å²) in [5.74, 6) is 0.161. The molecule has 2 rings (SSSR count). The van der Waals surface area contributed by atoms with Gasteiger partial charge in [0.15, 0.2) is 0 Å². The van der Waals surface area contributed by atoms with Crippen LogP contribution in [0, 0.1) is 5.92 Å². The van der Waals surface area contributed by atoms with Gasteiger partial charge in [0.1, 0.15) is 5.01 Å². The number of hydrogen-bond donors (Lipinski definition) is 0. The third-order valence-corrected chi connectivity index (χ3v) is 5.04. The second-order valence-electron chi connectivity index (χ2n) is 4.81. The summed E-state index contributed by atoms with van der Waals surface area (Å²) in [5.41, 5.74) is 1.00. The monoisotopic (exact) mass is 367 g/mol. The predicted octanol–water partition coefficient (Wildman–Crippen LogP) is 4.37. The molecule has 0 aliphatic rings. The Morgan fingerprint density at radius 1 is 1.24 bits per heavy atom. The Bertz CT molecular complexity index is 608. The molecule has 0 aliphatic heterocycles. The summed E-state index contributed by atoms with van der Waals surface area (Å²) in [4.78, 5) is 14.0. The SMILES string of the molecule is CCC(CC)C(=O)N(C)c1nnc(-c2ccc(Br)cc2)s1. The number of benzene rings is 1. The largest absolute Gasteiger partial charge is 0.290 e. The van der Waals surface area contributed by atoms with Crippen molar-refractivity contribution in [3.05, 3.63) is 28.7 Å². The van der Waals surface area contributed by atoms with Crippen molar-refractivity contribution >= 4 is 38.3 Å². The molecule has 0 bridgehead atoms. The molecule has 21 heavy (non-hydrogen) atoms. The van der Waals surface area contributed by atoms with Crippen molar-refractivity contribution in [2.75, 3.05) is 11.9 Å². The number of hydrogen-bond acceptors (Lipinski definition) is 4. The van der Waals surface area contributed by atoms with Gasteiger partial charge in [0.05, 0.1) is 0 Å². The van der Waals surface area contributed by atoms with E-state index >= 15 is 0 Å². The second-order valence-corrected chi connectivity index (χ2v) is 6.68. The van der Waals surface area contributed by atoms with E-state index in [1.807, 2.05) is 38.1 Å². The summed E-state index contributed by atoms with van der Waals surface area (Å²) < 4.78 is 1.03. The first-order valence-corrected chi connectivity index (χ1v) is 8.54. The van der Waals surface area contributed by atoms with Crippen molar-refractivity contribution in [2.45, 2.75) is 26.7 Å². The second kappa shape index (κ2) is 7.13. The van der Waals surface area contributed by atoms with E-state index in [2.05, 4.69) is 26.1 Å². The van der Waals surface area contributed by atoms with Crippen LogP contribution in [0.1, 0.15) is 26.7 Å². The standard InChI is InChI=1S/C15H18BrN3OS/c1-4-10(5-2)14(20)19(3)15-18-17-13(21-15)11-6-8-12(16)9-7-11/h6-10H,4-5H2,1-3H3. The minimum atomic E-state index is 0.0510. The Morgan fingerprint density at radius 2 is 1.86 bits per heavy atom. The van der Waals surface area contributed by atoms with Gasteiger partial charge in [0, 0.05) is 23.0 Å². The van der Waals surface area contributed by atoms with Gasteiger partial charge in [0.2, 0.25) is 11.0 Å². The van der Waals surface area contributed by atoms with E-state index in [0.29, 0.717) is 5.13 Å². The Hall–Kier alpha value is -1.27. The summed E-state index contributed by atoms with van der Waals surface area (Å²) in [5, 5.41) is 9.80. The Balaban J connectivity index is 2.19. The van der Waals surface area contributed by atoms with Gasteiger partial charge in [-0.15, -0.1) is 10.2 Å². The quantitative estimate of drug-likeness (QED) is 0.788. The Morgan fingerprint density at radius 3 is 2.43 bits per heavy atom. The van der Waals surface area contributed by atoms with Crippen molar-refractivity contribution < 1.29 is 4.79 Å². The first-order valence-electron chi connectivity index (χ1n) is 6.93. The molecule has 0 radical (unpaired) electrons. The molecule has 6 heteroatoms.